The second-order valence-electron chi connectivity index (χ2n) is 8.32. The third kappa shape index (κ3) is 3.02. The lowest BCUT2D eigenvalue weighted by Crippen LogP contribution is -2.48. The first-order valence-corrected chi connectivity index (χ1v) is 10.8. The van der Waals surface area contributed by atoms with Crippen molar-refractivity contribution >= 4 is 5.91 Å². The quantitative estimate of drug-likeness (QED) is 0.797. The molecule has 6 heteroatoms. The van der Waals surface area contributed by atoms with Gasteiger partial charge in [0, 0.05) is 31.5 Å². The highest BCUT2D eigenvalue weighted by Crippen LogP contribution is 2.51. The molecule has 0 radical (unpaired) electrons. The van der Waals surface area contributed by atoms with Gasteiger partial charge in [-0.25, -0.2) is 0 Å². The summed E-state index contributed by atoms with van der Waals surface area (Å²) in [5.74, 6) is 0.910. The maximum absolute atomic E-state index is 13.0. The summed E-state index contributed by atoms with van der Waals surface area (Å²) in [6.07, 6.45) is 1.32. The summed E-state index contributed by atoms with van der Waals surface area (Å²) in [5.41, 5.74) is 2.54. The molecular weight excluding hydrogens is 380 g/mol. The van der Waals surface area contributed by atoms with Crippen molar-refractivity contribution in [3.05, 3.63) is 65.2 Å². The van der Waals surface area contributed by atoms with Crippen LogP contribution in [-0.4, -0.2) is 52.3 Å². The number of hydrogen-bond acceptors (Lipinski definition) is 5. The molecule has 1 amide bonds. The van der Waals surface area contributed by atoms with Gasteiger partial charge in [0.05, 0.1) is 31.9 Å². The molecule has 0 aliphatic carbocycles. The Balaban J connectivity index is 1.37. The number of amides is 1. The number of likely N-dealkylation sites (tertiary alicyclic amines) is 1. The standard InChI is InChI=1S/C24H28N2O4/c1-2-29-21-9-8-17(12-19(21)15-27)14-25-11-10-24-22(25)13-23(28)26(24)20(16-30-24)18-6-4-3-5-7-18/h3-9,12,20,22,27H,2,10-11,13-16H2,1H3/t20-,22+,24-/m0/s1. The molecule has 3 aliphatic rings. The van der Waals surface area contributed by atoms with E-state index in [0.29, 0.717) is 19.6 Å². The highest BCUT2D eigenvalue weighted by atomic mass is 16.5. The molecule has 2 aromatic rings. The van der Waals surface area contributed by atoms with Crippen LogP contribution in [0.15, 0.2) is 48.5 Å². The van der Waals surface area contributed by atoms with Crippen molar-refractivity contribution in [2.75, 3.05) is 19.8 Å². The molecule has 0 unspecified atom stereocenters. The molecule has 0 aromatic heterocycles. The number of hydrogen-bond donors (Lipinski definition) is 1. The minimum Gasteiger partial charge on any atom is -0.494 e. The fraction of sp³-hybridized carbons (Fsp3) is 0.458. The Bertz CT molecular complexity index is 934. The summed E-state index contributed by atoms with van der Waals surface area (Å²) >= 11 is 0. The molecule has 1 spiro atoms. The highest BCUT2D eigenvalue weighted by Gasteiger charge is 2.64. The van der Waals surface area contributed by atoms with Gasteiger partial charge in [0.1, 0.15) is 5.75 Å². The highest BCUT2D eigenvalue weighted by molar-refractivity contribution is 5.82. The van der Waals surface area contributed by atoms with Gasteiger partial charge in [0.2, 0.25) is 5.91 Å². The van der Waals surface area contributed by atoms with Gasteiger partial charge in [-0.15, -0.1) is 0 Å². The first-order valence-electron chi connectivity index (χ1n) is 10.8. The topological polar surface area (TPSA) is 62.2 Å². The van der Waals surface area contributed by atoms with Crippen molar-refractivity contribution in [3.8, 4) is 5.75 Å². The molecule has 1 N–H and O–H groups in total. The average molecular weight is 408 g/mol. The molecule has 3 heterocycles. The van der Waals surface area contributed by atoms with Crippen molar-refractivity contribution in [2.24, 2.45) is 0 Å². The Morgan fingerprint density at radius 2 is 2.07 bits per heavy atom. The molecule has 6 nitrogen and oxygen atoms in total. The maximum Gasteiger partial charge on any atom is 0.227 e. The molecule has 3 atom stereocenters. The van der Waals surface area contributed by atoms with Crippen LogP contribution in [0.4, 0.5) is 0 Å². The normalized spacial score (nSPS) is 28.1. The molecule has 5 rings (SSSR count). The van der Waals surface area contributed by atoms with E-state index in [2.05, 4.69) is 17.0 Å². The van der Waals surface area contributed by atoms with Crippen LogP contribution in [0.25, 0.3) is 0 Å². The SMILES string of the molecule is CCOc1ccc(CN2CC[C@@]34OC[C@@H](c5ccccc5)N3C(=O)C[C@@H]24)cc1CO. The molecule has 0 saturated carbocycles. The van der Waals surface area contributed by atoms with Crippen LogP contribution in [0.2, 0.25) is 0 Å². The minimum atomic E-state index is -0.511. The van der Waals surface area contributed by atoms with Crippen LogP contribution in [0.1, 0.15) is 42.5 Å². The third-order valence-electron chi connectivity index (χ3n) is 6.73. The predicted octanol–water partition coefficient (Wildman–Crippen LogP) is 2.85. The van der Waals surface area contributed by atoms with Crippen LogP contribution in [0.3, 0.4) is 0 Å². The maximum atomic E-state index is 13.0. The number of benzene rings is 2. The third-order valence-corrected chi connectivity index (χ3v) is 6.73. The number of nitrogens with zero attached hydrogens (tertiary/aromatic N) is 2. The monoisotopic (exact) mass is 408 g/mol. The number of carbonyl (C=O) groups excluding carboxylic acids is 1. The van der Waals surface area contributed by atoms with Crippen molar-refractivity contribution in [2.45, 2.75) is 50.7 Å². The number of carbonyl (C=O) groups is 1. The van der Waals surface area contributed by atoms with Gasteiger partial charge >= 0.3 is 0 Å². The summed E-state index contributed by atoms with van der Waals surface area (Å²) in [6, 6.07) is 16.2. The van der Waals surface area contributed by atoms with Crippen LogP contribution in [-0.2, 0) is 22.7 Å². The van der Waals surface area contributed by atoms with E-state index >= 15 is 0 Å². The molecule has 3 saturated heterocycles. The van der Waals surface area contributed by atoms with Crippen LogP contribution >= 0.6 is 0 Å². The van der Waals surface area contributed by atoms with Gasteiger partial charge < -0.3 is 19.5 Å². The van der Waals surface area contributed by atoms with Gasteiger partial charge in [-0.1, -0.05) is 36.4 Å². The van der Waals surface area contributed by atoms with E-state index in [0.717, 1.165) is 42.0 Å². The molecule has 158 valence electrons. The van der Waals surface area contributed by atoms with Gasteiger partial charge in [0.15, 0.2) is 5.72 Å². The molecule has 30 heavy (non-hydrogen) atoms. The number of aliphatic hydroxyl groups is 1. The summed E-state index contributed by atoms with van der Waals surface area (Å²) in [5, 5.41) is 9.71. The fourth-order valence-electron chi connectivity index (χ4n) is 5.42. The van der Waals surface area contributed by atoms with E-state index < -0.39 is 5.72 Å². The Labute approximate surface area is 177 Å². The predicted molar refractivity (Wildman–Crippen MR) is 112 cm³/mol. The van der Waals surface area contributed by atoms with Crippen LogP contribution < -0.4 is 4.74 Å². The minimum absolute atomic E-state index is 0.00452. The summed E-state index contributed by atoms with van der Waals surface area (Å²) in [7, 11) is 0. The lowest BCUT2D eigenvalue weighted by atomic mass is 10.0. The van der Waals surface area contributed by atoms with Crippen molar-refractivity contribution in [3.63, 3.8) is 0 Å². The Kier molecular flexibility index (Phi) is 5.01. The van der Waals surface area contributed by atoms with Crippen LogP contribution in [0.5, 0.6) is 5.75 Å². The molecule has 3 fully saturated rings. The Morgan fingerprint density at radius 3 is 2.83 bits per heavy atom. The first kappa shape index (κ1) is 19.5. The lowest BCUT2D eigenvalue weighted by molar-refractivity contribution is -0.138. The van der Waals surface area contributed by atoms with E-state index in [9.17, 15) is 9.90 Å². The molecular formula is C24H28N2O4. The second kappa shape index (κ2) is 7.69. The number of ether oxygens (including phenoxy) is 2. The summed E-state index contributed by atoms with van der Waals surface area (Å²) < 4.78 is 12.0. The van der Waals surface area contributed by atoms with E-state index in [1.165, 1.54) is 0 Å². The molecule has 3 aliphatic heterocycles. The van der Waals surface area contributed by atoms with Crippen molar-refractivity contribution in [1.82, 2.24) is 9.80 Å². The van der Waals surface area contributed by atoms with Crippen molar-refractivity contribution < 1.29 is 19.4 Å². The summed E-state index contributed by atoms with van der Waals surface area (Å²) in [4.78, 5) is 17.4. The largest absolute Gasteiger partial charge is 0.494 e. The Hall–Kier alpha value is -2.41. The fourth-order valence-corrected chi connectivity index (χ4v) is 5.42. The second-order valence-corrected chi connectivity index (χ2v) is 8.32. The smallest absolute Gasteiger partial charge is 0.227 e. The zero-order valence-corrected chi connectivity index (χ0v) is 17.3. The lowest BCUT2D eigenvalue weighted by Gasteiger charge is -2.33. The van der Waals surface area contributed by atoms with E-state index in [4.69, 9.17) is 9.47 Å². The summed E-state index contributed by atoms with van der Waals surface area (Å²) in [6.45, 7) is 4.62. The average Bonchev–Trinajstić information content (AvgIpc) is 3.40. The van der Waals surface area contributed by atoms with E-state index in [1.54, 1.807) is 0 Å². The Morgan fingerprint density at radius 1 is 1.23 bits per heavy atom. The van der Waals surface area contributed by atoms with Gasteiger partial charge in [-0.2, -0.15) is 0 Å². The number of rotatable bonds is 6. The first-order chi connectivity index (χ1) is 14.7. The van der Waals surface area contributed by atoms with Crippen LogP contribution in [0, 0.1) is 0 Å². The molecule has 2 aromatic carbocycles. The van der Waals surface area contributed by atoms with E-state index in [-0.39, 0.29) is 24.6 Å². The van der Waals surface area contributed by atoms with Gasteiger partial charge in [-0.05, 0) is 30.2 Å². The zero-order valence-electron chi connectivity index (χ0n) is 17.3. The zero-order chi connectivity index (χ0) is 20.7. The van der Waals surface area contributed by atoms with Crippen molar-refractivity contribution in [1.29, 1.82) is 0 Å². The van der Waals surface area contributed by atoms with Gasteiger partial charge in [-0.3, -0.25) is 9.69 Å². The molecule has 0 bridgehead atoms. The number of aliphatic hydroxyl groups excluding tert-OH is 1. The van der Waals surface area contributed by atoms with Gasteiger partial charge in [0.25, 0.3) is 0 Å². The van der Waals surface area contributed by atoms with E-state index in [1.807, 2.05) is 48.2 Å².